The summed E-state index contributed by atoms with van der Waals surface area (Å²) in [6.07, 6.45) is 9.48. The zero-order valence-electron chi connectivity index (χ0n) is 10.5. The normalized spacial score (nSPS) is 10.5. The predicted molar refractivity (Wildman–Crippen MR) is 68.0 cm³/mol. The van der Waals surface area contributed by atoms with Crippen molar-refractivity contribution in [3.05, 3.63) is 36.7 Å². The van der Waals surface area contributed by atoms with Gasteiger partial charge in [0.2, 0.25) is 0 Å². The zero-order chi connectivity index (χ0) is 11.5. The molecule has 2 nitrogen and oxygen atoms in total. The van der Waals surface area contributed by atoms with Gasteiger partial charge in [-0.05, 0) is 39.1 Å². The average molecular weight is 208 g/mol. The zero-order valence-corrected chi connectivity index (χ0v) is 10.5. The topological polar surface area (TPSA) is 8.17 Å². The predicted octanol–water partition coefficient (Wildman–Crippen LogP) is 2.93. The Labute approximate surface area is 94.2 Å². The third-order valence-electron chi connectivity index (χ3n) is 2.21. The van der Waals surface area contributed by atoms with Crippen LogP contribution in [0.3, 0.4) is 0 Å². The van der Waals surface area contributed by atoms with E-state index in [9.17, 15) is 0 Å². The summed E-state index contributed by atoms with van der Waals surface area (Å²) in [4.78, 5) is 2.31. The Balaban J connectivity index is 0.000000280. The minimum absolute atomic E-state index is 1.15. The first kappa shape index (κ1) is 14.0. The van der Waals surface area contributed by atoms with E-state index in [4.69, 9.17) is 0 Å². The van der Waals surface area contributed by atoms with Crippen LogP contribution in [-0.2, 0) is 7.05 Å². The van der Waals surface area contributed by atoms with E-state index in [1.54, 1.807) is 0 Å². The first-order chi connectivity index (χ1) is 7.20. The van der Waals surface area contributed by atoms with Crippen molar-refractivity contribution in [3.8, 4) is 0 Å². The molecule has 15 heavy (non-hydrogen) atoms. The monoisotopic (exact) mass is 208 g/mol. The van der Waals surface area contributed by atoms with Crippen molar-refractivity contribution in [2.45, 2.75) is 20.3 Å². The highest BCUT2D eigenvalue weighted by Crippen LogP contribution is 1.87. The standard InChI is InChI=1S/C8H17N.C5H7N/c1-4-6-7-8-9(3)5-2;1-6-4-2-3-5-6/h4,6H,5,7-8H2,1-3H3;2-5H,1H3/b6-4-;. The fourth-order valence-corrected chi connectivity index (χ4v) is 1.04. The van der Waals surface area contributed by atoms with Crippen molar-refractivity contribution >= 4 is 0 Å². The molecule has 0 unspecified atom stereocenters. The summed E-state index contributed by atoms with van der Waals surface area (Å²) in [7, 11) is 4.14. The summed E-state index contributed by atoms with van der Waals surface area (Å²) in [6.45, 7) is 6.57. The number of aromatic nitrogens is 1. The summed E-state index contributed by atoms with van der Waals surface area (Å²) >= 11 is 0. The van der Waals surface area contributed by atoms with E-state index in [0.29, 0.717) is 0 Å². The highest BCUT2D eigenvalue weighted by atomic mass is 15.1. The van der Waals surface area contributed by atoms with Crippen LogP contribution in [0.15, 0.2) is 36.7 Å². The Morgan fingerprint density at radius 3 is 2.20 bits per heavy atom. The lowest BCUT2D eigenvalue weighted by molar-refractivity contribution is 0.360. The quantitative estimate of drug-likeness (QED) is 0.691. The summed E-state index contributed by atoms with van der Waals surface area (Å²) in [5, 5.41) is 0. The third-order valence-corrected chi connectivity index (χ3v) is 2.21. The fourth-order valence-electron chi connectivity index (χ4n) is 1.04. The van der Waals surface area contributed by atoms with Crippen LogP contribution in [0.25, 0.3) is 0 Å². The molecule has 0 radical (unpaired) electrons. The Hall–Kier alpha value is -1.02. The van der Waals surface area contributed by atoms with Crippen LogP contribution in [0, 0.1) is 0 Å². The largest absolute Gasteiger partial charge is 0.357 e. The Morgan fingerprint density at radius 2 is 1.87 bits per heavy atom. The number of nitrogens with zero attached hydrogens (tertiary/aromatic N) is 2. The molecule has 0 aliphatic heterocycles. The van der Waals surface area contributed by atoms with Crippen LogP contribution in [0.1, 0.15) is 20.3 Å². The van der Waals surface area contributed by atoms with Gasteiger partial charge in [0.15, 0.2) is 0 Å². The number of hydrogen-bond donors (Lipinski definition) is 0. The smallest absolute Gasteiger partial charge is 0.0106 e. The molecule has 1 heterocycles. The number of rotatable bonds is 4. The summed E-state index contributed by atoms with van der Waals surface area (Å²) in [5.41, 5.74) is 0. The molecule has 0 aliphatic rings. The molecule has 1 rings (SSSR count). The maximum absolute atomic E-state index is 2.31. The lowest BCUT2D eigenvalue weighted by Crippen LogP contribution is -2.17. The molecule has 0 aromatic carbocycles. The van der Waals surface area contributed by atoms with Gasteiger partial charge >= 0.3 is 0 Å². The lowest BCUT2D eigenvalue weighted by Gasteiger charge is -2.10. The molecule has 1 aromatic heterocycles. The molecule has 0 aliphatic carbocycles. The molecule has 0 saturated heterocycles. The molecular formula is C13H24N2. The van der Waals surface area contributed by atoms with Crippen molar-refractivity contribution in [2.75, 3.05) is 20.1 Å². The average Bonchev–Trinajstić information content (AvgIpc) is 2.70. The van der Waals surface area contributed by atoms with E-state index >= 15 is 0 Å². The number of allylic oxidation sites excluding steroid dienone is 1. The molecule has 0 N–H and O–H groups in total. The van der Waals surface area contributed by atoms with Gasteiger partial charge in [-0.3, -0.25) is 0 Å². The SMILES string of the molecule is C/C=C\CCN(C)CC.Cn1cccc1. The van der Waals surface area contributed by atoms with Gasteiger partial charge in [-0.1, -0.05) is 19.1 Å². The Morgan fingerprint density at radius 1 is 1.27 bits per heavy atom. The van der Waals surface area contributed by atoms with Crippen molar-refractivity contribution in [1.82, 2.24) is 9.47 Å². The number of aryl methyl sites for hydroxylation is 1. The van der Waals surface area contributed by atoms with Crippen molar-refractivity contribution in [3.63, 3.8) is 0 Å². The van der Waals surface area contributed by atoms with E-state index in [1.165, 1.54) is 13.0 Å². The summed E-state index contributed by atoms with van der Waals surface area (Å²) in [6, 6.07) is 4.00. The molecule has 2 heteroatoms. The minimum atomic E-state index is 1.15. The van der Waals surface area contributed by atoms with E-state index in [1.807, 2.05) is 36.1 Å². The third kappa shape index (κ3) is 9.29. The van der Waals surface area contributed by atoms with Crippen molar-refractivity contribution in [1.29, 1.82) is 0 Å². The van der Waals surface area contributed by atoms with E-state index in [0.717, 1.165) is 6.54 Å². The van der Waals surface area contributed by atoms with Crippen LogP contribution in [0.4, 0.5) is 0 Å². The van der Waals surface area contributed by atoms with Gasteiger partial charge in [-0.25, -0.2) is 0 Å². The van der Waals surface area contributed by atoms with Gasteiger partial charge in [-0.2, -0.15) is 0 Å². The molecule has 86 valence electrons. The molecule has 1 aromatic rings. The molecule has 0 amide bonds. The molecule has 0 atom stereocenters. The maximum atomic E-state index is 2.31. The van der Waals surface area contributed by atoms with Gasteiger partial charge in [0.25, 0.3) is 0 Å². The summed E-state index contributed by atoms with van der Waals surface area (Å²) in [5.74, 6) is 0. The first-order valence-corrected chi connectivity index (χ1v) is 5.57. The van der Waals surface area contributed by atoms with Crippen LogP contribution >= 0.6 is 0 Å². The summed E-state index contributed by atoms with van der Waals surface area (Å²) < 4.78 is 2.00. The molecule has 0 saturated carbocycles. The van der Waals surface area contributed by atoms with E-state index in [-0.39, 0.29) is 0 Å². The molecule has 0 bridgehead atoms. The Kier molecular flexibility index (Phi) is 8.88. The van der Waals surface area contributed by atoms with Gasteiger partial charge in [-0.15, -0.1) is 0 Å². The van der Waals surface area contributed by atoms with Gasteiger partial charge < -0.3 is 9.47 Å². The number of hydrogen-bond acceptors (Lipinski definition) is 1. The van der Waals surface area contributed by atoms with Gasteiger partial charge in [0.05, 0.1) is 0 Å². The van der Waals surface area contributed by atoms with Crippen LogP contribution in [0.2, 0.25) is 0 Å². The molecule has 0 spiro atoms. The van der Waals surface area contributed by atoms with Crippen molar-refractivity contribution < 1.29 is 0 Å². The molecule has 0 fully saturated rings. The van der Waals surface area contributed by atoms with Crippen LogP contribution < -0.4 is 0 Å². The van der Waals surface area contributed by atoms with Gasteiger partial charge in [0, 0.05) is 26.0 Å². The van der Waals surface area contributed by atoms with Crippen LogP contribution in [0.5, 0.6) is 0 Å². The Bertz CT molecular complexity index is 237. The van der Waals surface area contributed by atoms with E-state index in [2.05, 4.69) is 37.9 Å². The maximum Gasteiger partial charge on any atom is 0.0106 e. The second-order valence-electron chi connectivity index (χ2n) is 3.60. The lowest BCUT2D eigenvalue weighted by atomic mass is 10.3. The second-order valence-corrected chi connectivity index (χ2v) is 3.60. The van der Waals surface area contributed by atoms with Crippen molar-refractivity contribution in [2.24, 2.45) is 7.05 Å². The highest BCUT2D eigenvalue weighted by Gasteiger charge is 1.88. The highest BCUT2D eigenvalue weighted by molar-refractivity contribution is 4.88. The second kappa shape index (κ2) is 9.53. The first-order valence-electron chi connectivity index (χ1n) is 5.57. The molecular weight excluding hydrogens is 184 g/mol. The fraction of sp³-hybridized carbons (Fsp3) is 0.538. The van der Waals surface area contributed by atoms with Crippen LogP contribution in [-0.4, -0.2) is 29.6 Å². The van der Waals surface area contributed by atoms with Gasteiger partial charge in [0.1, 0.15) is 0 Å². The van der Waals surface area contributed by atoms with E-state index < -0.39 is 0 Å². The minimum Gasteiger partial charge on any atom is -0.357 e.